The Hall–Kier alpha value is -1.96. The zero-order valence-electron chi connectivity index (χ0n) is 12.1. The first-order valence-electron chi connectivity index (χ1n) is 6.97. The van der Waals surface area contributed by atoms with Gasteiger partial charge in [0, 0.05) is 39.0 Å². The summed E-state index contributed by atoms with van der Waals surface area (Å²) >= 11 is 0. The molecular weight excluding hydrogens is 268 g/mol. The first kappa shape index (κ1) is 14.0. The van der Waals surface area contributed by atoms with Crippen molar-refractivity contribution < 1.29 is 4.74 Å². The molecule has 0 aromatic carbocycles. The number of aliphatic imine (C=N–C) groups is 2. The largest absolute Gasteiger partial charge is 0.384 e. The molecule has 0 saturated carbocycles. The fourth-order valence-electron chi connectivity index (χ4n) is 2.88. The minimum Gasteiger partial charge on any atom is -0.384 e. The van der Waals surface area contributed by atoms with Gasteiger partial charge in [-0.25, -0.2) is 10.8 Å². The topological polar surface area (TPSA) is 92.5 Å². The zero-order valence-corrected chi connectivity index (χ0v) is 12.1. The van der Waals surface area contributed by atoms with Crippen molar-refractivity contribution in [2.75, 3.05) is 26.8 Å². The average Bonchev–Trinajstić information content (AvgIpc) is 2.81. The van der Waals surface area contributed by atoms with Crippen molar-refractivity contribution in [3.8, 4) is 0 Å². The molecule has 3 aliphatic rings. The molecule has 0 fully saturated rings. The highest BCUT2D eigenvalue weighted by molar-refractivity contribution is 5.92. The van der Waals surface area contributed by atoms with Gasteiger partial charge in [-0.05, 0) is 18.2 Å². The van der Waals surface area contributed by atoms with Gasteiger partial charge in [-0.2, -0.15) is 0 Å². The van der Waals surface area contributed by atoms with Crippen LogP contribution in [0, 0.1) is 0 Å². The summed E-state index contributed by atoms with van der Waals surface area (Å²) in [5, 5.41) is 1.61. The zero-order chi connectivity index (χ0) is 14.9. The molecule has 0 saturated heterocycles. The predicted molar refractivity (Wildman–Crippen MR) is 82.2 cm³/mol. The second kappa shape index (κ2) is 5.44. The normalized spacial score (nSPS) is 26.3. The van der Waals surface area contributed by atoms with Crippen molar-refractivity contribution in [3.05, 3.63) is 35.8 Å². The number of nitrogens with zero attached hydrogens (tertiary/aromatic N) is 4. The van der Waals surface area contributed by atoms with Crippen LogP contribution >= 0.6 is 0 Å². The number of ether oxygens (including phenoxy) is 1. The number of hydrogen-bond acceptors (Lipinski definition) is 7. The van der Waals surface area contributed by atoms with Crippen LogP contribution in [0.4, 0.5) is 0 Å². The Morgan fingerprint density at radius 3 is 3.00 bits per heavy atom. The highest BCUT2D eigenvalue weighted by Gasteiger charge is 2.51. The first-order chi connectivity index (χ1) is 10.2. The van der Waals surface area contributed by atoms with E-state index in [0.717, 1.165) is 17.2 Å². The molecule has 7 nitrogen and oxygen atoms in total. The summed E-state index contributed by atoms with van der Waals surface area (Å²) in [7, 11) is 1.68. The van der Waals surface area contributed by atoms with Crippen molar-refractivity contribution >= 4 is 12.1 Å². The molecule has 1 spiro atoms. The van der Waals surface area contributed by atoms with Crippen LogP contribution in [-0.2, 0) is 4.74 Å². The van der Waals surface area contributed by atoms with Crippen LogP contribution in [0.5, 0.6) is 0 Å². The molecule has 3 rings (SSSR count). The summed E-state index contributed by atoms with van der Waals surface area (Å²) in [6.45, 7) is 1.83. The van der Waals surface area contributed by atoms with Gasteiger partial charge in [0.1, 0.15) is 5.84 Å². The maximum atomic E-state index is 6.21. The summed E-state index contributed by atoms with van der Waals surface area (Å²) in [4.78, 5) is 11.4. The van der Waals surface area contributed by atoms with Gasteiger partial charge in [-0.15, -0.1) is 0 Å². The lowest BCUT2D eigenvalue weighted by Gasteiger charge is -2.40. The Kier molecular flexibility index (Phi) is 3.62. The number of hydrogen-bond donors (Lipinski definition) is 2. The molecular formula is C14H20N6O. The molecule has 0 aromatic heterocycles. The second-order valence-corrected chi connectivity index (χ2v) is 5.01. The molecule has 4 N–H and O–H groups in total. The first-order valence-corrected chi connectivity index (χ1v) is 6.97. The lowest BCUT2D eigenvalue weighted by atomic mass is 9.97. The van der Waals surface area contributed by atoms with E-state index in [0.29, 0.717) is 26.1 Å². The monoisotopic (exact) mass is 288 g/mol. The third-order valence-corrected chi connectivity index (χ3v) is 3.81. The predicted octanol–water partition coefficient (Wildman–Crippen LogP) is -0.0528. The Morgan fingerprint density at radius 2 is 2.24 bits per heavy atom. The van der Waals surface area contributed by atoms with E-state index in [4.69, 9.17) is 21.3 Å². The molecule has 1 atom stereocenters. The van der Waals surface area contributed by atoms with Gasteiger partial charge >= 0.3 is 0 Å². The van der Waals surface area contributed by atoms with Gasteiger partial charge in [-0.3, -0.25) is 10.0 Å². The van der Waals surface area contributed by atoms with Gasteiger partial charge < -0.3 is 15.4 Å². The number of hydrazine groups is 1. The number of methoxy groups -OCH3 is 1. The van der Waals surface area contributed by atoms with E-state index in [1.165, 1.54) is 0 Å². The van der Waals surface area contributed by atoms with E-state index in [2.05, 4.69) is 9.89 Å². The van der Waals surface area contributed by atoms with Gasteiger partial charge in [0.2, 0.25) is 5.66 Å². The quantitative estimate of drug-likeness (QED) is 0.692. The lowest BCUT2D eigenvalue weighted by Crippen LogP contribution is -2.53. The molecule has 0 aliphatic carbocycles. The number of dihydropyridines is 1. The van der Waals surface area contributed by atoms with Gasteiger partial charge in [-0.1, -0.05) is 0 Å². The standard InChI is InChI=1S/C14H20N6O/c1-21-10-5-13-18-14-11(3-2-8-20(14)16)17-7-4-12(14)19(13)9-6-15/h2-4,7-8H,5-6,9-10,15-16H2,1H3. The molecule has 112 valence electrons. The molecule has 0 radical (unpaired) electrons. The third-order valence-electron chi connectivity index (χ3n) is 3.81. The van der Waals surface area contributed by atoms with E-state index in [-0.39, 0.29) is 0 Å². The molecule has 21 heavy (non-hydrogen) atoms. The second-order valence-electron chi connectivity index (χ2n) is 5.01. The Labute approximate surface area is 123 Å². The fourth-order valence-corrected chi connectivity index (χ4v) is 2.88. The summed E-state index contributed by atoms with van der Waals surface area (Å²) in [6.07, 6.45) is 10.1. The minimum atomic E-state index is -0.762. The van der Waals surface area contributed by atoms with Crippen LogP contribution < -0.4 is 11.6 Å². The lowest BCUT2D eigenvalue weighted by molar-refractivity contribution is 0.205. The Balaban J connectivity index is 2.05. The molecule has 0 bridgehead atoms. The number of rotatable bonds is 5. The molecule has 0 amide bonds. The van der Waals surface area contributed by atoms with E-state index in [1.807, 2.05) is 24.4 Å². The summed E-state index contributed by atoms with van der Waals surface area (Å²) in [6, 6.07) is 0. The highest BCUT2D eigenvalue weighted by Crippen LogP contribution is 2.43. The van der Waals surface area contributed by atoms with Crippen LogP contribution in [0.25, 0.3) is 0 Å². The maximum Gasteiger partial charge on any atom is 0.230 e. The molecule has 1 unspecified atom stereocenters. The molecule has 3 heterocycles. The van der Waals surface area contributed by atoms with Crippen LogP contribution in [-0.4, -0.2) is 54.4 Å². The molecule has 0 aromatic rings. The average molecular weight is 288 g/mol. The van der Waals surface area contributed by atoms with E-state index < -0.39 is 5.66 Å². The van der Waals surface area contributed by atoms with Gasteiger partial charge in [0.15, 0.2) is 0 Å². The van der Waals surface area contributed by atoms with Gasteiger partial charge in [0.25, 0.3) is 0 Å². The molecule has 3 aliphatic heterocycles. The number of allylic oxidation sites excluding steroid dienone is 3. The van der Waals surface area contributed by atoms with E-state index in [9.17, 15) is 0 Å². The van der Waals surface area contributed by atoms with Crippen LogP contribution in [0.3, 0.4) is 0 Å². The Bertz CT molecular complexity index is 576. The molecule has 7 heteroatoms. The third kappa shape index (κ3) is 2.01. The van der Waals surface area contributed by atoms with Crippen molar-refractivity contribution in [1.29, 1.82) is 0 Å². The van der Waals surface area contributed by atoms with Crippen LogP contribution in [0.15, 0.2) is 45.8 Å². The smallest absolute Gasteiger partial charge is 0.230 e. The highest BCUT2D eigenvalue weighted by atomic mass is 16.5. The summed E-state index contributed by atoms with van der Waals surface area (Å²) in [5.74, 6) is 7.14. The maximum absolute atomic E-state index is 6.21. The van der Waals surface area contributed by atoms with Crippen molar-refractivity contribution in [3.63, 3.8) is 0 Å². The summed E-state index contributed by atoms with van der Waals surface area (Å²) in [5.41, 5.74) is 6.81. The van der Waals surface area contributed by atoms with E-state index >= 15 is 0 Å². The SMILES string of the molecule is COCCC1=NC23C(=CC=CN2N)N=CC=C3N1CCN. The summed E-state index contributed by atoms with van der Waals surface area (Å²) < 4.78 is 5.18. The Morgan fingerprint density at radius 1 is 1.38 bits per heavy atom. The van der Waals surface area contributed by atoms with Crippen molar-refractivity contribution in [2.45, 2.75) is 12.1 Å². The fraction of sp³-hybridized carbons (Fsp3) is 0.429. The van der Waals surface area contributed by atoms with Crippen molar-refractivity contribution in [2.24, 2.45) is 21.6 Å². The van der Waals surface area contributed by atoms with Crippen LogP contribution in [0.1, 0.15) is 6.42 Å². The number of nitrogens with two attached hydrogens (primary N) is 2. The van der Waals surface area contributed by atoms with E-state index in [1.54, 1.807) is 18.3 Å². The van der Waals surface area contributed by atoms with Crippen molar-refractivity contribution in [1.82, 2.24) is 9.91 Å². The van der Waals surface area contributed by atoms with Crippen LogP contribution in [0.2, 0.25) is 0 Å². The minimum absolute atomic E-state index is 0.538. The van der Waals surface area contributed by atoms with Gasteiger partial charge in [0.05, 0.1) is 18.0 Å². The number of amidine groups is 1.